The number of carbonyl (C=O) groups excluding carboxylic acids is 2. The van der Waals surface area contributed by atoms with Crippen molar-refractivity contribution < 1.29 is 14.0 Å². The molecule has 4 heteroatoms. The van der Waals surface area contributed by atoms with Crippen LogP contribution in [0.3, 0.4) is 0 Å². The van der Waals surface area contributed by atoms with Gasteiger partial charge in [0.1, 0.15) is 5.82 Å². The zero-order chi connectivity index (χ0) is 16.2. The molecule has 1 heterocycles. The third-order valence-electron chi connectivity index (χ3n) is 4.24. The second kappa shape index (κ2) is 6.73. The number of hydrogen-bond acceptors (Lipinski definition) is 2. The molecule has 0 aliphatic carbocycles. The molecule has 1 atom stereocenters. The van der Waals surface area contributed by atoms with Crippen LogP contribution in [0.15, 0.2) is 54.6 Å². The van der Waals surface area contributed by atoms with E-state index in [2.05, 4.69) is 0 Å². The average molecular weight is 311 g/mol. The average Bonchev–Trinajstić information content (AvgIpc) is 2.62. The molecule has 0 spiro atoms. The van der Waals surface area contributed by atoms with Crippen LogP contribution >= 0.6 is 0 Å². The van der Waals surface area contributed by atoms with E-state index in [1.807, 2.05) is 18.2 Å². The summed E-state index contributed by atoms with van der Waals surface area (Å²) in [4.78, 5) is 26.6. The number of benzene rings is 2. The van der Waals surface area contributed by atoms with E-state index in [0.717, 1.165) is 12.8 Å². The first kappa shape index (κ1) is 15.4. The molecule has 23 heavy (non-hydrogen) atoms. The van der Waals surface area contributed by atoms with Gasteiger partial charge in [-0.25, -0.2) is 4.39 Å². The number of carbonyl (C=O) groups is 2. The normalized spacial score (nSPS) is 17.8. The Morgan fingerprint density at radius 1 is 1.00 bits per heavy atom. The van der Waals surface area contributed by atoms with Gasteiger partial charge in [0.05, 0.1) is 5.56 Å². The minimum absolute atomic E-state index is 0.0524. The molecule has 1 aliphatic heterocycles. The van der Waals surface area contributed by atoms with Crippen molar-refractivity contribution in [1.29, 1.82) is 0 Å². The SMILES string of the molecule is O=C(c1ccccc1)C1CCCN(C(=O)c2ccccc2F)C1. The van der Waals surface area contributed by atoms with Crippen LogP contribution in [-0.4, -0.2) is 29.7 Å². The van der Waals surface area contributed by atoms with Crippen molar-refractivity contribution in [3.8, 4) is 0 Å². The lowest BCUT2D eigenvalue weighted by Gasteiger charge is -2.32. The number of nitrogens with zero attached hydrogens (tertiary/aromatic N) is 1. The third-order valence-corrected chi connectivity index (χ3v) is 4.24. The standard InChI is InChI=1S/C19H18FNO2/c20-17-11-5-4-10-16(17)19(23)21-12-6-9-15(13-21)18(22)14-7-2-1-3-8-14/h1-5,7-8,10-11,15H,6,9,12-13H2. The Labute approximate surface area is 134 Å². The molecule has 0 N–H and O–H groups in total. The summed E-state index contributed by atoms with van der Waals surface area (Å²) in [5.74, 6) is -1.03. The molecule has 1 fully saturated rings. The van der Waals surface area contributed by atoms with Gasteiger partial charge in [0, 0.05) is 24.6 Å². The van der Waals surface area contributed by atoms with Gasteiger partial charge in [0.2, 0.25) is 0 Å². The van der Waals surface area contributed by atoms with Gasteiger partial charge in [-0.1, -0.05) is 42.5 Å². The fourth-order valence-corrected chi connectivity index (χ4v) is 3.02. The molecule has 0 radical (unpaired) electrons. The van der Waals surface area contributed by atoms with Gasteiger partial charge in [-0.05, 0) is 25.0 Å². The Bertz CT molecular complexity index is 714. The maximum Gasteiger partial charge on any atom is 0.256 e. The Kier molecular flexibility index (Phi) is 4.51. The van der Waals surface area contributed by atoms with E-state index in [-0.39, 0.29) is 23.2 Å². The van der Waals surface area contributed by atoms with Crippen LogP contribution in [0.4, 0.5) is 4.39 Å². The van der Waals surface area contributed by atoms with Crippen LogP contribution < -0.4 is 0 Å². The molecule has 0 saturated carbocycles. The number of rotatable bonds is 3. The molecule has 2 aromatic rings. The quantitative estimate of drug-likeness (QED) is 0.813. The molecular formula is C19H18FNO2. The van der Waals surface area contributed by atoms with Crippen molar-refractivity contribution >= 4 is 11.7 Å². The molecule has 1 amide bonds. The summed E-state index contributed by atoms with van der Waals surface area (Å²) in [6.07, 6.45) is 1.51. The van der Waals surface area contributed by atoms with Crippen molar-refractivity contribution in [2.45, 2.75) is 12.8 Å². The van der Waals surface area contributed by atoms with E-state index in [4.69, 9.17) is 0 Å². The second-order valence-corrected chi connectivity index (χ2v) is 5.80. The zero-order valence-electron chi connectivity index (χ0n) is 12.7. The number of hydrogen-bond donors (Lipinski definition) is 0. The lowest BCUT2D eigenvalue weighted by Crippen LogP contribution is -2.42. The minimum Gasteiger partial charge on any atom is -0.338 e. The smallest absolute Gasteiger partial charge is 0.256 e. The van der Waals surface area contributed by atoms with E-state index in [1.165, 1.54) is 12.1 Å². The summed E-state index contributed by atoms with van der Waals surface area (Å²) >= 11 is 0. The summed E-state index contributed by atoms with van der Waals surface area (Å²) in [6, 6.07) is 15.1. The van der Waals surface area contributed by atoms with Crippen molar-refractivity contribution in [3.05, 3.63) is 71.5 Å². The monoisotopic (exact) mass is 311 g/mol. The van der Waals surface area contributed by atoms with Crippen LogP contribution in [0, 0.1) is 11.7 Å². The molecule has 2 aromatic carbocycles. The molecular weight excluding hydrogens is 293 g/mol. The zero-order valence-corrected chi connectivity index (χ0v) is 12.7. The van der Waals surface area contributed by atoms with Gasteiger partial charge in [-0.15, -0.1) is 0 Å². The summed E-state index contributed by atoms with van der Waals surface area (Å²) < 4.78 is 13.8. The van der Waals surface area contributed by atoms with E-state index in [9.17, 15) is 14.0 Å². The van der Waals surface area contributed by atoms with Crippen LogP contribution in [0.1, 0.15) is 33.6 Å². The fourth-order valence-electron chi connectivity index (χ4n) is 3.02. The van der Waals surface area contributed by atoms with Gasteiger partial charge in [-0.3, -0.25) is 9.59 Å². The molecule has 1 saturated heterocycles. The predicted molar refractivity (Wildman–Crippen MR) is 85.8 cm³/mol. The number of ketones is 1. The van der Waals surface area contributed by atoms with Gasteiger partial charge >= 0.3 is 0 Å². The van der Waals surface area contributed by atoms with Gasteiger partial charge < -0.3 is 4.90 Å². The van der Waals surface area contributed by atoms with E-state index < -0.39 is 5.82 Å². The highest BCUT2D eigenvalue weighted by molar-refractivity contribution is 5.99. The first-order valence-electron chi connectivity index (χ1n) is 7.80. The molecule has 1 aliphatic rings. The predicted octanol–water partition coefficient (Wildman–Crippen LogP) is 3.56. The van der Waals surface area contributed by atoms with Crippen molar-refractivity contribution in [1.82, 2.24) is 4.90 Å². The minimum atomic E-state index is -0.519. The number of likely N-dealkylation sites (tertiary alicyclic amines) is 1. The second-order valence-electron chi connectivity index (χ2n) is 5.80. The number of amides is 1. The first-order chi connectivity index (χ1) is 11.2. The van der Waals surface area contributed by atoms with Gasteiger partial charge in [0.15, 0.2) is 5.78 Å². The summed E-state index contributed by atoms with van der Waals surface area (Å²) in [6.45, 7) is 0.909. The van der Waals surface area contributed by atoms with Gasteiger partial charge in [0.25, 0.3) is 5.91 Å². The molecule has 0 aromatic heterocycles. The maximum absolute atomic E-state index is 13.8. The molecule has 3 nitrogen and oxygen atoms in total. The Balaban J connectivity index is 1.75. The van der Waals surface area contributed by atoms with Crippen LogP contribution in [0.2, 0.25) is 0 Å². The largest absolute Gasteiger partial charge is 0.338 e. The third kappa shape index (κ3) is 3.31. The lowest BCUT2D eigenvalue weighted by atomic mass is 9.89. The first-order valence-corrected chi connectivity index (χ1v) is 7.80. The van der Waals surface area contributed by atoms with Crippen LogP contribution in [0.25, 0.3) is 0 Å². The summed E-state index contributed by atoms with van der Waals surface area (Å²) in [5.41, 5.74) is 0.734. The maximum atomic E-state index is 13.8. The topological polar surface area (TPSA) is 37.4 Å². The van der Waals surface area contributed by atoms with E-state index in [0.29, 0.717) is 18.7 Å². The Hall–Kier alpha value is -2.49. The van der Waals surface area contributed by atoms with E-state index in [1.54, 1.807) is 29.2 Å². The highest BCUT2D eigenvalue weighted by Crippen LogP contribution is 2.23. The van der Waals surface area contributed by atoms with Crippen molar-refractivity contribution in [2.24, 2.45) is 5.92 Å². The lowest BCUT2D eigenvalue weighted by molar-refractivity contribution is 0.0633. The number of piperidine rings is 1. The summed E-state index contributed by atoms with van der Waals surface area (Å²) in [5, 5.41) is 0. The van der Waals surface area contributed by atoms with Crippen LogP contribution in [-0.2, 0) is 0 Å². The molecule has 3 rings (SSSR count). The number of halogens is 1. The highest BCUT2D eigenvalue weighted by atomic mass is 19.1. The number of Topliss-reactive ketones (excluding diaryl/α,β-unsaturated/α-hetero) is 1. The van der Waals surface area contributed by atoms with E-state index >= 15 is 0 Å². The molecule has 1 unspecified atom stereocenters. The Morgan fingerprint density at radius 3 is 2.43 bits per heavy atom. The fraction of sp³-hybridized carbons (Fsp3) is 0.263. The summed E-state index contributed by atoms with van der Waals surface area (Å²) in [7, 11) is 0. The van der Waals surface area contributed by atoms with Crippen molar-refractivity contribution in [3.63, 3.8) is 0 Å². The Morgan fingerprint density at radius 2 is 1.70 bits per heavy atom. The molecule has 0 bridgehead atoms. The molecule has 118 valence electrons. The highest BCUT2D eigenvalue weighted by Gasteiger charge is 2.30. The van der Waals surface area contributed by atoms with Crippen LogP contribution in [0.5, 0.6) is 0 Å². The van der Waals surface area contributed by atoms with Gasteiger partial charge in [-0.2, -0.15) is 0 Å². The van der Waals surface area contributed by atoms with Crippen molar-refractivity contribution in [2.75, 3.05) is 13.1 Å².